The molecule has 3 aliphatic rings. The molecule has 4 heterocycles. The summed E-state index contributed by atoms with van der Waals surface area (Å²) in [5, 5.41) is 10.8. The molecule has 0 saturated heterocycles. The van der Waals surface area contributed by atoms with Gasteiger partial charge in [-0.15, -0.1) is 5.10 Å². The van der Waals surface area contributed by atoms with Crippen molar-refractivity contribution in [1.82, 2.24) is 19.5 Å². The number of carbonyl (C=O) groups excluding carboxylic acids is 1. The second-order valence-electron chi connectivity index (χ2n) is 9.22. The van der Waals surface area contributed by atoms with E-state index in [4.69, 9.17) is 14.8 Å². The first-order chi connectivity index (χ1) is 16.9. The molecule has 182 valence electrons. The van der Waals surface area contributed by atoms with Gasteiger partial charge >= 0.3 is 5.97 Å². The molecule has 0 bridgehead atoms. The topological polar surface area (TPSA) is 138 Å². The van der Waals surface area contributed by atoms with Crippen LogP contribution in [-0.2, 0) is 26.2 Å². The highest BCUT2D eigenvalue weighted by Gasteiger charge is 2.49. The summed E-state index contributed by atoms with van der Waals surface area (Å²) in [6.07, 6.45) is 9.80. The first kappa shape index (κ1) is 22.1. The fourth-order valence-electron chi connectivity index (χ4n) is 5.04. The van der Waals surface area contributed by atoms with E-state index in [2.05, 4.69) is 25.9 Å². The van der Waals surface area contributed by atoms with E-state index in [-0.39, 0.29) is 16.9 Å². The van der Waals surface area contributed by atoms with Crippen LogP contribution in [0.3, 0.4) is 0 Å². The molecular weight excluding hydrogens is 470 g/mol. The molecule has 1 unspecified atom stereocenters. The second kappa shape index (κ2) is 8.38. The van der Waals surface area contributed by atoms with Gasteiger partial charge in [0.1, 0.15) is 22.8 Å². The Morgan fingerprint density at radius 3 is 2.66 bits per heavy atom. The predicted molar refractivity (Wildman–Crippen MR) is 128 cm³/mol. The number of nitrogens with one attached hydrogen (secondary N) is 1. The normalized spacial score (nSPS) is 19.8. The number of nitrogens with zero attached hydrogens (tertiary/aromatic N) is 6. The molecule has 1 aliphatic heterocycles. The number of ether oxygens (including phenoxy) is 1. The van der Waals surface area contributed by atoms with Crippen molar-refractivity contribution in [2.75, 3.05) is 10.3 Å². The van der Waals surface area contributed by atoms with Crippen LogP contribution in [0.4, 0.5) is 17.6 Å². The van der Waals surface area contributed by atoms with Crippen molar-refractivity contribution in [3.05, 3.63) is 30.6 Å². The number of hydrogen-bond donors (Lipinski definition) is 1. The monoisotopic (exact) mass is 494 g/mol. The first-order valence-corrected chi connectivity index (χ1v) is 12.8. The number of hydrogen-bond acceptors (Lipinski definition) is 10. The van der Waals surface area contributed by atoms with Crippen molar-refractivity contribution in [3.63, 3.8) is 0 Å². The smallest absolute Gasteiger partial charge is 0.309 e. The Balaban J connectivity index is 1.46. The number of esters is 1. The van der Waals surface area contributed by atoms with E-state index in [0.717, 1.165) is 61.8 Å². The Bertz CT molecular complexity index is 1360. The second-order valence-corrected chi connectivity index (χ2v) is 10.2. The molecular formula is C23H24N7O4S-. The lowest BCUT2D eigenvalue weighted by atomic mass is 9.80. The Kier molecular flexibility index (Phi) is 5.29. The number of aromatic nitrogens is 4. The van der Waals surface area contributed by atoms with Gasteiger partial charge in [0.25, 0.3) is 0 Å². The van der Waals surface area contributed by atoms with Crippen LogP contribution < -0.4 is 10.3 Å². The number of hydrazone groups is 1. The Labute approximate surface area is 203 Å². The lowest BCUT2D eigenvalue weighted by Gasteiger charge is -2.44. The highest BCUT2D eigenvalue weighted by atomic mass is 32.2. The largest absolute Gasteiger partial charge is 0.768 e. The number of anilines is 3. The molecule has 1 N–H and O–H groups in total. The number of pyridine rings is 1. The standard InChI is InChI=1S/C23H25N7O4S/c1-14(31)34-21-23(9-3-2-4-10-23)29-19(30(28-21)16-5-6-16)11-15-12-25-22(27-20(15)29)26-18-8-7-17(13-24-18)35(32)33/h7-8,11-13,16H,2-6,9-10H2,1H3,(H,32,33)(H,24,25,26,27)/p-1. The summed E-state index contributed by atoms with van der Waals surface area (Å²) in [5.41, 5.74) is 0.137. The third-order valence-electron chi connectivity index (χ3n) is 6.76. The third-order valence-corrected chi connectivity index (χ3v) is 7.39. The van der Waals surface area contributed by atoms with Crippen LogP contribution in [0.1, 0.15) is 51.9 Å². The van der Waals surface area contributed by atoms with Crippen molar-refractivity contribution < 1.29 is 18.3 Å². The maximum atomic E-state index is 12.1. The maximum absolute atomic E-state index is 12.1. The predicted octanol–water partition coefficient (Wildman–Crippen LogP) is 3.33. The molecule has 2 fully saturated rings. The van der Waals surface area contributed by atoms with Gasteiger partial charge in [0.05, 0.1) is 6.04 Å². The van der Waals surface area contributed by atoms with Crippen LogP contribution >= 0.6 is 0 Å². The van der Waals surface area contributed by atoms with Crippen molar-refractivity contribution in [3.8, 4) is 0 Å². The van der Waals surface area contributed by atoms with Crippen molar-refractivity contribution in [2.45, 2.75) is 68.3 Å². The Morgan fingerprint density at radius 1 is 1.20 bits per heavy atom. The first-order valence-electron chi connectivity index (χ1n) is 11.7. The minimum Gasteiger partial charge on any atom is -0.768 e. The molecule has 1 atom stereocenters. The fraction of sp³-hybridized carbons (Fsp3) is 0.435. The Morgan fingerprint density at radius 2 is 2.00 bits per heavy atom. The molecule has 0 aromatic carbocycles. The molecule has 0 radical (unpaired) electrons. The van der Waals surface area contributed by atoms with E-state index in [0.29, 0.717) is 17.7 Å². The minimum atomic E-state index is -2.34. The van der Waals surface area contributed by atoms with Gasteiger partial charge < -0.3 is 14.6 Å². The highest BCUT2D eigenvalue weighted by Crippen LogP contribution is 2.48. The van der Waals surface area contributed by atoms with Gasteiger partial charge in [-0.25, -0.2) is 15.0 Å². The summed E-state index contributed by atoms with van der Waals surface area (Å²) in [6, 6.07) is 5.35. The average molecular weight is 495 g/mol. The quantitative estimate of drug-likeness (QED) is 0.427. The lowest BCUT2D eigenvalue weighted by Crippen LogP contribution is -2.51. The average Bonchev–Trinajstić information content (AvgIpc) is 3.61. The highest BCUT2D eigenvalue weighted by molar-refractivity contribution is 7.79. The van der Waals surface area contributed by atoms with Crippen LogP contribution in [0, 0.1) is 0 Å². The zero-order valence-corrected chi connectivity index (χ0v) is 20.0. The van der Waals surface area contributed by atoms with Gasteiger partial charge in [-0.3, -0.25) is 13.6 Å². The van der Waals surface area contributed by atoms with Crippen LogP contribution in [0.25, 0.3) is 11.0 Å². The zero-order valence-electron chi connectivity index (χ0n) is 19.1. The summed E-state index contributed by atoms with van der Waals surface area (Å²) in [5.74, 6) is 1.76. The van der Waals surface area contributed by atoms with Crippen molar-refractivity contribution >= 4 is 51.6 Å². The van der Waals surface area contributed by atoms with Crippen LogP contribution in [0.2, 0.25) is 0 Å². The van der Waals surface area contributed by atoms with E-state index in [9.17, 15) is 13.6 Å². The summed E-state index contributed by atoms with van der Waals surface area (Å²) in [4.78, 5) is 25.6. The molecule has 3 aromatic rings. The lowest BCUT2D eigenvalue weighted by molar-refractivity contribution is -0.133. The summed E-state index contributed by atoms with van der Waals surface area (Å²) < 4.78 is 30.2. The molecule has 2 saturated carbocycles. The molecule has 3 aromatic heterocycles. The zero-order chi connectivity index (χ0) is 24.2. The number of rotatable bonds is 4. The summed E-state index contributed by atoms with van der Waals surface area (Å²) in [6.45, 7) is 1.41. The van der Waals surface area contributed by atoms with E-state index in [1.807, 2.05) is 5.01 Å². The molecule has 0 amide bonds. The summed E-state index contributed by atoms with van der Waals surface area (Å²) in [7, 11) is 0. The molecule has 2 aliphatic carbocycles. The molecule has 1 spiro atoms. The molecule has 35 heavy (non-hydrogen) atoms. The van der Waals surface area contributed by atoms with E-state index < -0.39 is 16.6 Å². The van der Waals surface area contributed by atoms with Gasteiger partial charge in [-0.1, -0.05) is 19.3 Å². The minimum absolute atomic E-state index is 0.101. The third kappa shape index (κ3) is 3.86. The van der Waals surface area contributed by atoms with E-state index in [1.54, 1.807) is 12.3 Å². The van der Waals surface area contributed by atoms with E-state index >= 15 is 0 Å². The molecule has 11 nitrogen and oxygen atoms in total. The summed E-state index contributed by atoms with van der Waals surface area (Å²) >= 11 is -2.34. The fourth-order valence-corrected chi connectivity index (χ4v) is 5.36. The van der Waals surface area contributed by atoms with Crippen LogP contribution in [0.5, 0.6) is 0 Å². The van der Waals surface area contributed by atoms with Gasteiger partial charge in [0.2, 0.25) is 11.8 Å². The SMILES string of the molecule is CC(=O)OC1=NN(C2CC2)c2cc3cnc(Nc4ccc(S(=O)[O-])cn4)nc3n2C12CCCCC2. The van der Waals surface area contributed by atoms with E-state index in [1.165, 1.54) is 19.2 Å². The van der Waals surface area contributed by atoms with Gasteiger partial charge in [-0.2, -0.15) is 4.98 Å². The number of carbonyl (C=O) groups is 1. The van der Waals surface area contributed by atoms with Gasteiger partial charge in [0, 0.05) is 29.6 Å². The van der Waals surface area contributed by atoms with Gasteiger partial charge in [0.15, 0.2) is 0 Å². The van der Waals surface area contributed by atoms with Gasteiger partial charge in [-0.05, 0) is 55.0 Å². The van der Waals surface area contributed by atoms with Crippen LogP contribution in [-0.4, -0.2) is 46.2 Å². The number of fused-ring (bicyclic) bond motifs is 4. The van der Waals surface area contributed by atoms with Crippen molar-refractivity contribution in [1.29, 1.82) is 0 Å². The Hall–Kier alpha value is -3.38. The van der Waals surface area contributed by atoms with Crippen LogP contribution in [0.15, 0.2) is 40.6 Å². The molecule has 12 heteroatoms. The molecule has 6 rings (SSSR count). The van der Waals surface area contributed by atoms with Crippen molar-refractivity contribution in [2.24, 2.45) is 5.10 Å². The maximum Gasteiger partial charge on any atom is 0.309 e.